The molecule has 1 aromatic rings. The third kappa shape index (κ3) is 1.15. The molecule has 0 fully saturated rings. The second-order valence-corrected chi connectivity index (χ2v) is 2.42. The maximum Gasteiger partial charge on any atom is 0.0526 e. The van der Waals surface area contributed by atoms with E-state index in [0.717, 1.165) is 18.7 Å². The van der Waals surface area contributed by atoms with E-state index in [4.69, 9.17) is 5.73 Å². The van der Waals surface area contributed by atoms with Crippen LogP contribution in [0.4, 0.5) is 5.69 Å². The molecule has 0 aliphatic rings. The van der Waals surface area contributed by atoms with E-state index >= 15 is 0 Å². The SMILES string of the molecule is CCc1cn(CC)cc1N. The van der Waals surface area contributed by atoms with Gasteiger partial charge in [-0.2, -0.15) is 0 Å². The second-order valence-electron chi connectivity index (χ2n) is 2.42. The van der Waals surface area contributed by atoms with Crippen LogP contribution in [0.3, 0.4) is 0 Å². The number of hydrogen-bond donors (Lipinski definition) is 1. The molecular formula is C8H14N2. The van der Waals surface area contributed by atoms with Gasteiger partial charge in [0.2, 0.25) is 0 Å². The minimum Gasteiger partial charge on any atom is -0.397 e. The van der Waals surface area contributed by atoms with Crippen molar-refractivity contribution in [1.82, 2.24) is 4.57 Å². The van der Waals surface area contributed by atoms with E-state index in [2.05, 4.69) is 24.6 Å². The van der Waals surface area contributed by atoms with Gasteiger partial charge in [-0.15, -0.1) is 0 Å². The zero-order valence-corrected chi connectivity index (χ0v) is 6.59. The lowest BCUT2D eigenvalue weighted by Crippen LogP contribution is -1.87. The summed E-state index contributed by atoms with van der Waals surface area (Å²) in [6, 6.07) is 0. The van der Waals surface area contributed by atoms with Gasteiger partial charge in [0, 0.05) is 18.9 Å². The number of hydrogen-bond acceptors (Lipinski definition) is 1. The third-order valence-electron chi connectivity index (χ3n) is 1.74. The molecule has 10 heavy (non-hydrogen) atoms. The number of aryl methyl sites for hydroxylation is 2. The summed E-state index contributed by atoms with van der Waals surface area (Å²) in [7, 11) is 0. The van der Waals surface area contributed by atoms with E-state index in [1.165, 1.54) is 5.56 Å². The lowest BCUT2D eigenvalue weighted by Gasteiger charge is -1.91. The molecule has 0 spiro atoms. The van der Waals surface area contributed by atoms with Crippen molar-refractivity contribution in [3.63, 3.8) is 0 Å². The second kappa shape index (κ2) is 2.78. The summed E-state index contributed by atoms with van der Waals surface area (Å²) in [5.41, 5.74) is 7.88. The third-order valence-corrected chi connectivity index (χ3v) is 1.74. The first kappa shape index (κ1) is 7.19. The van der Waals surface area contributed by atoms with Gasteiger partial charge >= 0.3 is 0 Å². The summed E-state index contributed by atoms with van der Waals surface area (Å²) in [5, 5.41) is 0. The molecule has 1 rings (SSSR count). The predicted octanol–water partition coefficient (Wildman–Crippen LogP) is 1.65. The normalized spacial score (nSPS) is 10.2. The first-order valence-electron chi connectivity index (χ1n) is 3.72. The van der Waals surface area contributed by atoms with Crippen LogP contribution in [0.2, 0.25) is 0 Å². The number of nitrogens with two attached hydrogens (primary N) is 1. The highest BCUT2D eigenvalue weighted by Gasteiger charge is 1.98. The fourth-order valence-electron chi connectivity index (χ4n) is 1.05. The molecule has 2 heteroatoms. The fourth-order valence-corrected chi connectivity index (χ4v) is 1.05. The Kier molecular flexibility index (Phi) is 2.00. The van der Waals surface area contributed by atoms with Crippen molar-refractivity contribution in [3.05, 3.63) is 18.0 Å². The number of nitrogens with zero attached hydrogens (tertiary/aromatic N) is 1. The van der Waals surface area contributed by atoms with Crippen LogP contribution in [-0.2, 0) is 13.0 Å². The van der Waals surface area contributed by atoms with Crippen LogP contribution in [0.1, 0.15) is 19.4 Å². The van der Waals surface area contributed by atoms with Crippen molar-refractivity contribution < 1.29 is 0 Å². The molecule has 0 atom stereocenters. The van der Waals surface area contributed by atoms with E-state index in [9.17, 15) is 0 Å². The average molecular weight is 138 g/mol. The van der Waals surface area contributed by atoms with Gasteiger partial charge in [0.1, 0.15) is 0 Å². The average Bonchev–Trinajstić information content (AvgIpc) is 2.30. The maximum atomic E-state index is 5.71. The number of anilines is 1. The topological polar surface area (TPSA) is 30.9 Å². The first-order valence-corrected chi connectivity index (χ1v) is 3.72. The molecule has 0 bridgehead atoms. The fraction of sp³-hybridized carbons (Fsp3) is 0.500. The molecule has 0 amide bonds. The Balaban J connectivity index is 2.92. The van der Waals surface area contributed by atoms with Crippen LogP contribution in [0.25, 0.3) is 0 Å². The molecule has 0 aromatic carbocycles. The standard InChI is InChI=1S/C8H14N2/c1-3-7-5-10(4-2)6-8(7)9/h5-6H,3-4,9H2,1-2H3. The molecule has 0 radical (unpaired) electrons. The first-order chi connectivity index (χ1) is 4.77. The number of rotatable bonds is 2. The predicted molar refractivity (Wildman–Crippen MR) is 43.9 cm³/mol. The molecule has 0 saturated heterocycles. The van der Waals surface area contributed by atoms with E-state index < -0.39 is 0 Å². The van der Waals surface area contributed by atoms with Gasteiger partial charge in [-0.05, 0) is 18.9 Å². The van der Waals surface area contributed by atoms with E-state index in [1.54, 1.807) is 0 Å². The van der Waals surface area contributed by atoms with Crippen LogP contribution < -0.4 is 5.73 Å². The minimum atomic E-state index is 0.921. The summed E-state index contributed by atoms with van der Waals surface area (Å²) in [6.45, 7) is 5.23. The Morgan fingerprint density at radius 2 is 2.10 bits per heavy atom. The van der Waals surface area contributed by atoms with Gasteiger partial charge < -0.3 is 10.3 Å². The van der Waals surface area contributed by atoms with Crippen LogP contribution in [0, 0.1) is 0 Å². The molecule has 56 valence electrons. The van der Waals surface area contributed by atoms with Crippen LogP contribution in [0.15, 0.2) is 12.4 Å². The Hall–Kier alpha value is -0.920. The molecule has 1 aromatic heterocycles. The molecule has 0 unspecified atom stereocenters. The van der Waals surface area contributed by atoms with Gasteiger partial charge in [-0.1, -0.05) is 6.92 Å². The summed E-state index contributed by atoms with van der Waals surface area (Å²) in [4.78, 5) is 0. The Morgan fingerprint density at radius 1 is 1.40 bits per heavy atom. The lowest BCUT2D eigenvalue weighted by atomic mass is 10.2. The maximum absolute atomic E-state index is 5.71. The summed E-state index contributed by atoms with van der Waals surface area (Å²) in [5.74, 6) is 0. The quantitative estimate of drug-likeness (QED) is 0.662. The molecule has 0 aliphatic heterocycles. The highest BCUT2D eigenvalue weighted by Crippen LogP contribution is 2.12. The molecular weight excluding hydrogens is 124 g/mol. The molecule has 1 heterocycles. The Labute approximate surface area is 61.7 Å². The molecule has 0 aliphatic carbocycles. The summed E-state index contributed by atoms with van der Waals surface area (Å²) >= 11 is 0. The van der Waals surface area contributed by atoms with Crippen molar-refractivity contribution in [3.8, 4) is 0 Å². The van der Waals surface area contributed by atoms with Crippen LogP contribution in [-0.4, -0.2) is 4.57 Å². The Morgan fingerprint density at radius 3 is 2.40 bits per heavy atom. The van der Waals surface area contributed by atoms with Crippen molar-refractivity contribution in [2.24, 2.45) is 0 Å². The summed E-state index contributed by atoms with van der Waals surface area (Å²) < 4.78 is 2.11. The largest absolute Gasteiger partial charge is 0.397 e. The van der Waals surface area contributed by atoms with E-state index in [0.29, 0.717) is 0 Å². The van der Waals surface area contributed by atoms with Crippen molar-refractivity contribution in [2.45, 2.75) is 26.8 Å². The van der Waals surface area contributed by atoms with Gasteiger partial charge in [-0.25, -0.2) is 0 Å². The van der Waals surface area contributed by atoms with Crippen molar-refractivity contribution in [1.29, 1.82) is 0 Å². The molecule has 0 saturated carbocycles. The minimum absolute atomic E-state index is 0.921. The number of aromatic nitrogens is 1. The van der Waals surface area contributed by atoms with Gasteiger partial charge in [-0.3, -0.25) is 0 Å². The molecule has 2 N–H and O–H groups in total. The Bertz CT molecular complexity index is 213. The zero-order chi connectivity index (χ0) is 7.56. The number of nitrogen functional groups attached to an aromatic ring is 1. The van der Waals surface area contributed by atoms with E-state index in [-0.39, 0.29) is 0 Å². The van der Waals surface area contributed by atoms with Crippen molar-refractivity contribution in [2.75, 3.05) is 5.73 Å². The lowest BCUT2D eigenvalue weighted by molar-refractivity contribution is 0.766. The van der Waals surface area contributed by atoms with Gasteiger partial charge in [0.25, 0.3) is 0 Å². The summed E-state index contributed by atoms with van der Waals surface area (Å²) in [6.07, 6.45) is 5.12. The zero-order valence-electron chi connectivity index (χ0n) is 6.59. The van der Waals surface area contributed by atoms with Gasteiger partial charge in [0.15, 0.2) is 0 Å². The highest BCUT2D eigenvalue weighted by atomic mass is 14.9. The van der Waals surface area contributed by atoms with Gasteiger partial charge in [0.05, 0.1) is 5.69 Å². The monoisotopic (exact) mass is 138 g/mol. The smallest absolute Gasteiger partial charge is 0.0526 e. The van der Waals surface area contributed by atoms with Crippen LogP contribution in [0.5, 0.6) is 0 Å². The van der Waals surface area contributed by atoms with Crippen molar-refractivity contribution >= 4 is 5.69 Å². The van der Waals surface area contributed by atoms with E-state index in [1.807, 2.05) is 6.20 Å². The molecule has 2 nitrogen and oxygen atoms in total. The van der Waals surface area contributed by atoms with Crippen LogP contribution >= 0.6 is 0 Å². The highest BCUT2D eigenvalue weighted by molar-refractivity contribution is 5.44.